The molecule has 0 bridgehead atoms. The van der Waals surface area contributed by atoms with Crippen molar-refractivity contribution in [3.05, 3.63) is 28.5 Å². The highest BCUT2D eigenvalue weighted by molar-refractivity contribution is 6.03. The fourth-order valence-corrected chi connectivity index (χ4v) is 3.05. The Morgan fingerprint density at radius 3 is 2.50 bits per heavy atom. The lowest BCUT2D eigenvalue weighted by molar-refractivity contribution is -0.267. The monoisotopic (exact) mass is 312 g/mol. The van der Waals surface area contributed by atoms with Crippen molar-refractivity contribution in [2.45, 2.75) is 39.0 Å². The van der Waals surface area contributed by atoms with Crippen molar-refractivity contribution >= 4 is 22.5 Å². The van der Waals surface area contributed by atoms with E-state index >= 15 is 0 Å². The van der Waals surface area contributed by atoms with Gasteiger partial charge in [0.05, 0.1) is 17.6 Å². The average Bonchev–Trinajstić information content (AvgIpc) is 2.65. The van der Waals surface area contributed by atoms with Gasteiger partial charge >= 0.3 is 6.18 Å². The molecule has 1 atom stereocenters. The summed E-state index contributed by atoms with van der Waals surface area (Å²) in [5.74, 6) is -0.852. The first-order valence-electron chi connectivity index (χ1n) is 6.78. The summed E-state index contributed by atoms with van der Waals surface area (Å²) >= 11 is 0. The van der Waals surface area contributed by atoms with Crippen LogP contribution in [0.25, 0.3) is 10.9 Å². The first-order chi connectivity index (χ1) is 10.1. The number of rotatable bonds is 0. The maximum atomic E-state index is 13.5. The Morgan fingerprint density at radius 2 is 1.91 bits per heavy atom. The average molecular weight is 312 g/mol. The van der Waals surface area contributed by atoms with Gasteiger partial charge in [-0.3, -0.25) is 4.79 Å². The lowest BCUT2D eigenvalue weighted by Crippen LogP contribution is -2.48. The first-order valence-corrected chi connectivity index (χ1v) is 6.78. The second-order valence-corrected chi connectivity index (χ2v) is 5.82. The molecule has 118 valence electrons. The summed E-state index contributed by atoms with van der Waals surface area (Å²) < 4.78 is 40.5. The van der Waals surface area contributed by atoms with Gasteiger partial charge in [-0.15, -0.1) is 0 Å². The molecule has 2 aromatic rings. The van der Waals surface area contributed by atoms with Crippen molar-refractivity contribution in [2.24, 2.45) is 0 Å². The number of anilines is 1. The topological polar surface area (TPSA) is 65.1 Å². The van der Waals surface area contributed by atoms with Gasteiger partial charge in [0.1, 0.15) is 0 Å². The Balaban J connectivity index is 2.48. The van der Waals surface area contributed by atoms with E-state index in [-0.39, 0.29) is 16.8 Å². The normalized spacial score (nSPS) is 21.9. The van der Waals surface area contributed by atoms with Crippen LogP contribution in [0.1, 0.15) is 28.8 Å². The minimum atomic E-state index is -4.95. The van der Waals surface area contributed by atoms with E-state index in [0.717, 1.165) is 11.3 Å². The second kappa shape index (κ2) is 4.25. The van der Waals surface area contributed by atoms with E-state index in [1.165, 1.54) is 0 Å². The molecule has 7 heteroatoms. The molecule has 0 unspecified atom stereocenters. The summed E-state index contributed by atoms with van der Waals surface area (Å²) in [6.45, 7) is 5.17. The minimum Gasteiger partial charge on any atom is -0.376 e. The van der Waals surface area contributed by atoms with E-state index in [9.17, 15) is 23.1 Å². The van der Waals surface area contributed by atoms with Gasteiger partial charge in [0.2, 0.25) is 5.91 Å². The van der Waals surface area contributed by atoms with Gasteiger partial charge in [0.25, 0.3) is 0 Å². The van der Waals surface area contributed by atoms with E-state index < -0.39 is 24.1 Å². The molecule has 2 heterocycles. The molecular formula is C15H15F3N2O2. The predicted octanol–water partition coefficient (Wildman–Crippen LogP) is 3.19. The van der Waals surface area contributed by atoms with Crippen LogP contribution < -0.4 is 5.32 Å². The van der Waals surface area contributed by atoms with E-state index in [2.05, 4.69) is 10.3 Å². The van der Waals surface area contributed by atoms with E-state index in [1.807, 2.05) is 0 Å². The number of nitrogens with one attached hydrogen (secondary N) is 2. The van der Waals surface area contributed by atoms with Crippen LogP contribution in [0.15, 0.2) is 6.07 Å². The Bertz CT molecular complexity index is 807. The molecule has 1 amide bonds. The molecule has 0 saturated carbocycles. The number of aromatic nitrogens is 1. The number of hydrogen-bond acceptors (Lipinski definition) is 2. The zero-order valence-electron chi connectivity index (χ0n) is 12.3. The molecular weight excluding hydrogens is 297 g/mol. The fraction of sp³-hybridized carbons (Fsp3) is 0.400. The molecule has 3 N–H and O–H groups in total. The fourth-order valence-electron chi connectivity index (χ4n) is 3.05. The van der Waals surface area contributed by atoms with Gasteiger partial charge in [-0.05, 0) is 38.0 Å². The molecule has 22 heavy (non-hydrogen) atoms. The number of amides is 1. The number of fused-ring (bicyclic) bond motifs is 3. The molecule has 4 nitrogen and oxygen atoms in total. The molecule has 1 aliphatic heterocycles. The molecule has 1 aromatic heterocycles. The smallest absolute Gasteiger partial charge is 0.376 e. The van der Waals surface area contributed by atoms with Gasteiger partial charge in [0, 0.05) is 16.6 Å². The van der Waals surface area contributed by atoms with Crippen LogP contribution in [0.5, 0.6) is 0 Å². The Labute approximate surface area is 124 Å². The first kappa shape index (κ1) is 14.9. The van der Waals surface area contributed by atoms with Crippen molar-refractivity contribution in [1.82, 2.24) is 4.98 Å². The molecule has 0 saturated heterocycles. The summed E-state index contributed by atoms with van der Waals surface area (Å²) in [6.07, 6.45) is -5.99. The van der Waals surface area contributed by atoms with Crippen molar-refractivity contribution in [3.8, 4) is 0 Å². The maximum absolute atomic E-state index is 13.5. The van der Waals surface area contributed by atoms with Gasteiger partial charge < -0.3 is 15.4 Å². The zero-order chi connectivity index (χ0) is 16.4. The Morgan fingerprint density at radius 1 is 1.27 bits per heavy atom. The molecule has 0 radical (unpaired) electrons. The zero-order valence-corrected chi connectivity index (χ0v) is 12.3. The number of aliphatic hydroxyl groups is 1. The molecule has 3 rings (SSSR count). The van der Waals surface area contributed by atoms with Gasteiger partial charge in [-0.1, -0.05) is 0 Å². The van der Waals surface area contributed by atoms with Gasteiger partial charge in [-0.25, -0.2) is 0 Å². The van der Waals surface area contributed by atoms with Crippen molar-refractivity contribution < 1.29 is 23.1 Å². The predicted molar refractivity (Wildman–Crippen MR) is 75.7 cm³/mol. The van der Waals surface area contributed by atoms with E-state index in [1.54, 1.807) is 26.8 Å². The number of carbonyl (C=O) groups is 1. The second-order valence-electron chi connectivity index (χ2n) is 5.82. The van der Waals surface area contributed by atoms with Crippen LogP contribution in [0.4, 0.5) is 18.9 Å². The van der Waals surface area contributed by atoms with Crippen molar-refractivity contribution in [3.63, 3.8) is 0 Å². The number of hydrogen-bond donors (Lipinski definition) is 3. The third-order valence-electron chi connectivity index (χ3n) is 4.37. The number of halogens is 3. The third kappa shape index (κ3) is 1.78. The highest BCUT2D eigenvalue weighted by Crippen LogP contribution is 2.50. The molecule has 0 fully saturated rings. The molecule has 0 aliphatic carbocycles. The summed E-state index contributed by atoms with van der Waals surface area (Å²) in [5.41, 5.74) is -1.21. The van der Waals surface area contributed by atoms with Gasteiger partial charge in [-0.2, -0.15) is 13.2 Å². The molecule has 1 aliphatic rings. The molecule has 0 spiro atoms. The van der Waals surface area contributed by atoms with Crippen LogP contribution in [0, 0.1) is 20.8 Å². The lowest BCUT2D eigenvalue weighted by atomic mass is 9.82. The minimum absolute atomic E-state index is 0.0322. The number of carbonyl (C=O) groups excluding carboxylic acids is 1. The van der Waals surface area contributed by atoms with E-state index in [0.29, 0.717) is 10.9 Å². The van der Waals surface area contributed by atoms with Crippen LogP contribution in [-0.2, 0) is 10.4 Å². The SMILES string of the molecule is Cc1cc2c(C)c(C)[nH]c2c2c1NC(=O)C[C@@]2(O)C(F)(F)F. The van der Waals surface area contributed by atoms with Crippen LogP contribution in [0.3, 0.4) is 0 Å². The number of benzene rings is 1. The van der Waals surface area contributed by atoms with Crippen molar-refractivity contribution in [1.29, 1.82) is 0 Å². The number of aryl methyl sites for hydroxylation is 3. The number of H-pyrrole nitrogens is 1. The summed E-state index contributed by atoms with van der Waals surface area (Å²) in [7, 11) is 0. The Hall–Kier alpha value is -2.02. The lowest BCUT2D eigenvalue weighted by Gasteiger charge is -2.36. The largest absolute Gasteiger partial charge is 0.422 e. The van der Waals surface area contributed by atoms with Crippen LogP contribution in [-0.4, -0.2) is 22.2 Å². The summed E-state index contributed by atoms with van der Waals surface area (Å²) in [4.78, 5) is 14.6. The van der Waals surface area contributed by atoms with E-state index in [4.69, 9.17) is 0 Å². The maximum Gasteiger partial charge on any atom is 0.422 e. The van der Waals surface area contributed by atoms with Crippen molar-refractivity contribution in [2.75, 3.05) is 5.32 Å². The third-order valence-corrected chi connectivity index (χ3v) is 4.37. The van der Waals surface area contributed by atoms with Crippen LogP contribution >= 0.6 is 0 Å². The number of aromatic amines is 1. The quantitative estimate of drug-likeness (QED) is 0.699. The summed E-state index contributed by atoms with van der Waals surface area (Å²) in [6, 6.07) is 1.72. The highest BCUT2D eigenvalue weighted by atomic mass is 19.4. The Kier molecular flexibility index (Phi) is 2.88. The highest BCUT2D eigenvalue weighted by Gasteiger charge is 2.59. The standard InChI is InChI=1S/C15H15F3N2O2/c1-6-4-9-7(2)8(3)19-13(9)11-12(6)20-10(21)5-14(11,22)15(16,17)18/h4,19,22H,5H2,1-3H3,(H,20,21)/t14-/m0/s1. The number of alkyl halides is 3. The summed E-state index contributed by atoms with van der Waals surface area (Å²) in [5, 5.41) is 13.4. The van der Waals surface area contributed by atoms with Crippen LogP contribution in [0.2, 0.25) is 0 Å². The van der Waals surface area contributed by atoms with Gasteiger partial charge in [0.15, 0.2) is 5.60 Å². The molecule has 1 aromatic carbocycles.